The minimum absolute atomic E-state index is 0.763. The Balaban J connectivity index is 2.05. The quantitative estimate of drug-likeness (QED) is 0.857. The molecule has 16 heavy (non-hydrogen) atoms. The van der Waals surface area contributed by atoms with Crippen molar-refractivity contribution in [3.8, 4) is 0 Å². The fraction of sp³-hybridized carbons (Fsp3) is 0.417. The molecule has 0 bridgehead atoms. The van der Waals surface area contributed by atoms with Gasteiger partial charge in [-0.2, -0.15) is 0 Å². The van der Waals surface area contributed by atoms with Crippen LogP contribution in [0.2, 0.25) is 0 Å². The van der Waals surface area contributed by atoms with Crippen molar-refractivity contribution in [2.75, 3.05) is 6.54 Å². The molecule has 2 aromatic rings. The van der Waals surface area contributed by atoms with Gasteiger partial charge in [0.05, 0.1) is 4.47 Å². The lowest BCUT2D eigenvalue weighted by molar-refractivity contribution is 0.510. The molecule has 0 aliphatic heterocycles. The maximum absolute atomic E-state index is 5.69. The van der Waals surface area contributed by atoms with Gasteiger partial charge < -0.3 is 10.2 Å². The highest BCUT2D eigenvalue weighted by Crippen LogP contribution is 2.24. The van der Waals surface area contributed by atoms with Crippen molar-refractivity contribution >= 4 is 27.0 Å². The molecule has 0 aliphatic carbocycles. The van der Waals surface area contributed by atoms with Crippen LogP contribution in [0.4, 0.5) is 0 Å². The van der Waals surface area contributed by atoms with Crippen molar-refractivity contribution in [3.05, 3.63) is 28.6 Å². The second-order valence-electron chi connectivity index (χ2n) is 3.80. The van der Waals surface area contributed by atoms with E-state index in [4.69, 9.17) is 10.2 Å². The van der Waals surface area contributed by atoms with E-state index in [0.717, 1.165) is 53.7 Å². The number of para-hydroxylation sites is 1. The summed E-state index contributed by atoms with van der Waals surface area (Å²) >= 11 is 3.45. The van der Waals surface area contributed by atoms with Gasteiger partial charge in [0, 0.05) is 6.42 Å². The fourth-order valence-corrected chi connectivity index (χ4v) is 2.10. The van der Waals surface area contributed by atoms with Gasteiger partial charge in [-0.1, -0.05) is 12.5 Å². The number of fused-ring (bicyclic) bond motifs is 1. The van der Waals surface area contributed by atoms with E-state index in [1.54, 1.807) is 0 Å². The van der Waals surface area contributed by atoms with Gasteiger partial charge in [0.15, 0.2) is 11.5 Å². The molecule has 0 saturated heterocycles. The standard InChI is InChI=1S/C12H15BrN2O/c13-9-5-4-6-10-12(9)16-11(15-10)7-2-1-3-8-14/h4-6H,1-3,7-8,14H2. The van der Waals surface area contributed by atoms with E-state index in [1.807, 2.05) is 18.2 Å². The molecular weight excluding hydrogens is 268 g/mol. The average Bonchev–Trinajstić information content (AvgIpc) is 2.69. The molecule has 0 radical (unpaired) electrons. The summed E-state index contributed by atoms with van der Waals surface area (Å²) in [5.74, 6) is 0.818. The van der Waals surface area contributed by atoms with Crippen LogP contribution in [0.1, 0.15) is 25.2 Å². The maximum atomic E-state index is 5.69. The van der Waals surface area contributed by atoms with E-state index in [9.17, 15) is 0 Å². The number of unbranched alkanes of at least 4 members (excludes halogenated alkanes) is 2. The third-order valence-corrected chi connectivity index (χ3v) is 3.13. The lowest BCUT2D eigenvalue weighted by Crippen LogP contribution is -1.98. The summed E-state index contributed by atoms with van der Waals surface area (Å²) in [4.78, 5) is 4.44. The molecule has 0 aliphatic rings. The smallest absolute Gasteiger partial charge is 0.195 e. The predicted octanol–water partition coefficient (Wildman–Crippen LogP) is 3.26. The van der Waals surface area contributed by atoms with E-state index < -0.39 is 0 Å². The molecule has 0 atom stereocenters. The monoisotopic (exact) mass is 282 g/mol. The number of aromatic nitrogens is 1. The molecule has 3 nitrogen and oxygen atoms in total. The van der Waals surface area contributed by atoms with Crippen LogP contribution >= 0.6 is 15.9 Å². The summed E-state index contributed by atoms with van der Waals surface area (Å²) in [6.07, 6.45) is 4.18. The fourth-order valence-electron chi connectivity index (χ4n) is 1.67. The first kappa shape index (κ1) is 11.6. The summed E-state index contributed by atoms with van der Waals surface area (Å²) in [7, 11) is 0. The van der Waals surface area contributed by atoms with Crippen molar-refractivity contribution in [2.45, 2.75) is 25.7 Å². The van der Waals surface area contributed by atoms with Gasteiger partial charge in [0.2, 0.25) is 0 Å². The Morgan fingerprint density at radius 3 is 2.88 bits per heavy atom. The van der Waals surface area contributed by atoms with Crippen molar-refractivity contribution < 1.29 is 4.42 Å². The molecule has 2 N–H and O–H groups in total. The summed E-state index contributed by atoms with van der Waals surface area (Å²) in [6, 6.07) is 5.89. The Morgan fingerprint density at radius 1 is 1.25 bits per heavy atom. The molecule has 4 heteroatoms. The van der Waals surface area contributed by atoms with Crippen molar-refractivity contribution in [1.82, 2.24) is 4.98 Å². The van der Waals surface area contributed by atoms with Crippen LogP contribution in [0.3, 0.4) is 0 Å². The van der Waals surface area contributed by atoms with Crippen LogP contribution in [0.25, 0.3) is 11.1 Å². The summed E-state index contributed by atoms with van der Waals surface area (Å²) in [5.41, 5.74) is 7.21. The van der Waals surface area contributed by atoms with Crippen molar-refractivity contribution in [1.29, 1.82) is 0 Å². The molecule has 1 heterocycles. The van der Waals surface area contributed by atoms with Crippen LogP contribution in [0.5, 0.6) is 0 Å². The number of nitrogens with two attached hydrogens (primary N) is 1. The SMILES string of the molecule is NCCCCCc1nc2cccc(Br)c2o1. The second-order valence-corrected chi connectivity index (χ2v) is 4.65. The number of aryl methyl sites for hydroxylation is 1. The molecule has 0 amide bonds. The zero-order chi connectivity index (χ0) is 11.4. The first-order valence-corrected chi connectivity index (χ1v) is 6.34. The molecule has 1 aromatic heterocycles. The Labute approximate surface area is 103 Å². The zero-order valence-electron chi connectivity index (χ0n) is 9.08. The van der Waals surface area contributed by atoms with Gasteiger partial charge in [-0.15, -0.1) is 0 Å². The molecule has 0 spiro atoms. The van der Waals surface area contributed by atoms with Crippen LogP contribution in [-0.4, -0.2) is 11.5 Å². The third kappa shape index (κ3) is 2.62. The number of rotatable bonds is 5. The molecule has 0 unspecified atom stereocenters. The number of nitrogens with zero attached hydrogens (tertiary/aromatic N) is 1. The normalized spacial score (nSPS) is 11.1. The zero-order valence-corrected chi connectivity index (χ0v) is 10.7. The average molecular weight is 283 g/mol. The first-order valence-electron chi connectivity index (χ1n) is 5.55. The topological polar surface area (TPSA) is 52.0 Å². The van der Waals surface area contributed by atoms with Crippen molar-refractivity contribution in [2.24, 2.45) is 5.73 Å². The highest BCUT2D eigenvalue weighted by Gasteiger charge is 2.07. The van der Waals surface area contributed by atoms with Crippen LogP contribution in [0.15, 0.2) is 27.1 Å². The summed E-state index contributed by atoms with van der Waals surface area (Å²) < 4.78 is 6.65. The van der Waals surface area contributed by atoms with Crippen molar-refractivity contribution in [3.63, 3.8) is 0 Å². The lowest BCUT2D eigenvalue weighted by atomic mass is 10.2. The largest absolute Gasteiger partial charge is 0.440 e. The molecular formula is C12H15BrN2O. The van der Waals surface area contributed by atoms with E-state index in [2.05, 4.69) is 20.9 Å². The minimum atomic E-state index is 0.763. The van der Waals surface area contributed by atoms with E-state index in [1.165, 1.54) is 0 Å². The van der Waals surface area contributed by atoms with Gasteiger partial charge in [-0.25, -0.2) is 4.98 Å². The van der Waals surface area contributed by atoms with E-state index in [0.29, 0.717) is 0 Å². The number of hydrogen-bond donors (Lipinski definition) is 1. The number of oxazole rings is 1. The summed E-state index contributed by atoms with van der Waals surface area (Å²) in [5, 5.41) is 0. The highest BCUT2D eigenvalue weighted by molar-refractivity contribution is 9.10. The molecule has 0 fully saturated rings. The van der Waals surface area contributed by atoms with Crippen LogP contribution in [0, 0.1) is 0 Å². The van der Waals surface area contributed by atoms with Gasteiger partial charge in [0.25, 0.3) is 0 Å². The highest BCUT2D eigenvalue weighted by atomic mass is 79.9. The lowest BCUT2D eigenvalue weighted by Gasteiger charge is -1.95. The summed E-state index contributed by atoms with van der Waals surface area (Å²) in [6.45, 7) is 0.763. The van der Waals surface area contributed by atoms with Crippen LogP contribution < -0.4 is 5.73 Å². The van der Waals surface area contributed by atoms with Gasteiger partial charge >= 0.3 is 0 Å². The second kappa shape index (κ2) is 5.46. The van der Waals surface area contributed by atoms with E-state index >= 15 is 0 Å². The Kier molecular flexibility index (Phi) is 3.96. The van der Waals surface area contributed by atoms with Gasteiger partial charge in [0.1, 0.15) is 5.52 Å². The number of benzene rings is 1. The molecule has 86 valence electrons. The van der Waals surface area contributed by atoms with Gasteiger partial charge in [-0.3, -0.25) is 0 Å². The maximum Gasteiger partial charge on any atom is 0.195 e. The van der Waals surface area contributed by atoms with E-state index in [-0.39, 0.29) is 0 Å². The Bertz CT molecular complexity index is 467. The molecule has 2 rings (SSSR count). The molecule has 1 aromatic carbocycles. The number of halogens is 1. The minimum Gasteiger partial charge on any atom is -0.440 e. The molecule has 0 saturated carbocycles. The Hall–Kier alpha value is -0.870. The van der Waals surface area contributed by atoms with Crippen LogP contribution in [-0.2, 0) is 6.42 Å². The Morgan fingerprint density at radius 2 is 2.12 bits per heavy atom. The predicted molar refractivity (Wildman–Crippen MR) is 68.3 cm³/mol. The number of hydrogen-bond acceptors (Lipinski definition) is 3. The van der Waals surface area contributed by atoms with Gasteiger partial charge in [-0.05, 0) is 47.4 Å². The first-order chi connectivity index (χ1) is 7.81. The third-order valence-electron chi connectivity index (χ3n) is 2.51.